The van der Waals surface area contributed by atoms with E-state index in [-0.39, 0.29) is 0 Å². The lowest BCUT2D eigenvalue weighted by Gasteiger charge is -2.09. The Morgan fingerprint density at radius 3 is 2.36 bits per heavy atom. The lowest BCUT2D eigenvalue weighted by molar-refractivity contribution is -0.384. The van der Waals surface area contributed by atoms with Crippen LogP contribution in [0.3, 0.4) is 0 Å². The molecule has 0 heterocycles. The van der Waals surface area contributed by atoms with Gasteiger partial charge in [-0.05, 0) is 31.2 Å². The first-order chi connectivity index (χ1) is 13.1. The van der Waals surface area contributed by atoms with Crippen molar-refractivity contribution in [3.63, 3.8) is 0 Å². The summed E-state index contributed by atoms with van der Waals surface area (Å²) in [6, 6.07) is 9.07. The number of benzene rings is 2. The molecule has 0 saturated carbocycles. The Kier molecular flexibility index (Phi) is 6.28. The fourth-order valence-corrected chi connectivity index (χ4v) is 2.57. The maximum absolute atomic E-state index is 12.2. The van der Waals surface area contributed by atoms with E-state index in [1.807, 2.05) is 0 Å². The smallest absolute Gasteiger partial charge is 0.298 e. The zero-order valence-electron chi connectivity index (χ0n) is 14.3. The molecule has 0 radical (unpaired) electrons. The van der Waals surface area contributed by atoms with Crippen LogP contribution >= 0.6 is 0 Å². The molecular formula is C16H14N4O7S. The molecular weight excluding hydrogens is 392 g/mol. The van der Waals surface area contributed by atoms with Crippen LogP contribution in [0.2, 0.25) is 0 Å². The minimum absolute atomic E-state index is 0.392. The number of carbonyl (C=O) groups excluding carboxylic acids is 2. The highest BCUT2D eigenvalue weighted by Gasteiger charge is 2.25. The molecule has 0 aliphatic rings. The Morgan fingerprint density at radius 2 is 1.82 bits per heavy atom. The molecule has 0 aliphatic carbocycles. The molecule has 0 saturated heterocycles. The molecule has 28 heavy (non-hydrogen) atoms. The van der Waals surface area contributed by atoms with Crippen molar-refractivity contribution in [1.29, 1.82) is 0 Å². The number of amides is 1. The van der Waals surface area contributed by atoms with Gasteiger partial charge in [-0.15, -0.1) is 5.11 Å². The lowest BCUT2D eigenvalue weighted by atomic mass is 10.2. The van der Waals surface area contributed by atoms with Crippen LogP contribution in [0, 0.1) is 10.1 Å². The third kappa shape index (κ3) is 5.25. The van der Waals surface area contributed by atoms with Gasteiger partial charge < -0.3 is 5.32 Å². The Hall–Kier alpha value is -3.51. The average Bonchev–Trinajstić information content (AvgIpc) is 2.61. The third-order valence-corrected chi connectivity index (χ3v) is 4.25. The van der Waals surface area contributed by atoms with Gasteiger partial charge in [-0.3, -0.25) is 24.3 Å². The van der Waals surface area contributed by atoms with Crippen LogP contribution in [0.4, 0.5) is 17.1 Å². The lowest BCUT2D eigenvalue weighted by Crippen LogP contribution is -2.31. The van der Waals surface area contributed by atoms with E-state index in [0.29, 0.717) is 11.8 Å². The van der Waals surface area contributed by atoms with Crippen LogP contribution in [0.25, 0.3) is 0 Å². The van der Waals surface area contributed by atoms with E-state index in [2.05, 4.69) is 15.5 Å². The maximum Gasteiger partial charge on any atom is 0.298 e. The van der Waals surface area contributed by atoms with Crippen LogP contribution < -0.4 is 5.32 Å². The van der Waals surface area contributed by atoms with E-state index < -0.39 is 49.0 Å². The largest absolute Gasteiger partial charge is 0.324 e. The highest BCUT2D eigenvalue weighted by Crippen LogP contribution is 2.30. The van der Waals surface area contributed by atoms with Gasteiger partial charge in [-0.1, -0.05) is 18.2 Å². The van der Waals surface area contributed by atoms with E-state index in [1.54, 1.807) is 30.3 Å². The fraction of sp³-hybridized carbons (Fsp3) is 0.125. The summed E-state index contributed by atoms with van der Waals surface area (Å²) < 4.78 is 31.2. The summed E-state index contributed by atoms with van der Waals surface area (Å²) in [5.41, 5.74) is -0.752. The van der Waals surface area contributed by atoms with Crippen LogP contribution in [-0.4, -0.2) is 35.6 Å². The molecule has 0 unspecified atom stereocenters. The zero-order chi connectivity index (χ0) is 20.9. The average molecular weight is 406 g/mol. The number of nitro groups is 1. The van der Waals surface area contributed by atoms with Gasteiger partial charge in [0.25, 0.3) is 21.7 Å². The van der Waals surface area contributed by atoms with Crippen molar-refractivity contribution in [1.82, 2.24) is 0 Å². The van der Waals surface area contributed by atoms with Gasteiger partial charge in [-0.25, -0.2) is 0 Å². The SMILES string of the molecule is CC(=O)[C@@H](N=Nc1ccc(S(=O)(=O)O)cc1[N+](=O)[O-])C(=O)Nc1ccccc1. The standard InChI is InChI=1S/C16H14N4O7S/c1-10(21)15(16(22)17-11-5-3-2-4-6-11)19-18-13-8-7-12(28(25,26)27)9-14(13)20(23)24/h2-9,15H,1H3,(H,17,22)(H,25,26,27)/t15-/m1/s1. The third-order valence-electron chi connectivity index (χ3n) is 3.40. The first-order valence-corrected chi connectivity index (χ1v) is 9.06. The summed E-state index contributed by atoms with van der Waals surface area (Å²) in [4.78, 5) is 33.5. The summed E-state index contributed by atoms with van der Waals surface area (Å²) in [6.07, 6.45) is 0. The predicted molar refractivity (Wildman–Crippen MR) is 97.0 cm³/mol. The van der Waals surface area contributed by atoms with Gasteiger partial charge in [0.2, 0.25) is 6.04 Å². The Balaban J connectivity index is 2.33. The van der Waals surface area contributed by atoms with E-state index >= 15 is 0 Å². The van der Waals surface area contributed by atoms with Crippen LogP contribution in [0.1, 0.15) is 6.92 Å². The molecule has 11 nitrogen and oxygen atoms in total. The highest BCUT2D eigenvalue weighted by atomic mass is 32.2. The number of nitrogens with zero attached hydrogens (tertiary/aromatic N) is 3. The summed E-state index contributed by atoms with van der Waals surface area (Å²) in [5.74, 6) is -1.45. The van der Waals surface area contributed by atoms with Gasteiger partial charge in [-0.2, -0.15) is 13.5 Å². The monoisotopic (exact) mass is 406 g/mol. The second-order valence-corrected chi connectivity index (χ2v) is 6.89. The van der Waals surface area contributed by atoms with Gasteiger partial charge in [0.05, 0.1) is 4.92 Å². The first-order valence-electron chi connectivity index (χ1n) is 7.62. The maximum atomic E-state index is 12.2. The Labute approximate surface area is 159 Å². The zero-order valence-corrected chi connectivity index (χ0v) is 15.2. The first kappa shape index (κ1) is 20.8. The Bertz CT molecular complexity index is 1050. The molecule has 0 fully saturated rings. The molecule has 146 valence electrons. The number of Topliss-reactive ketones (excluding diaryl/α,β-unsaturated/α-hetero) is 1. The molecule has 2 N–H and O–H groups in total. The predicted octanol–water partition coefficient (Wildman–Crippen LogP) is 2.52. The number of azo groups is 1. The van der Waals surface area contributed by atoms with Gasteiger partial charge in [0.1, 0.15) is 4.90 Å². The van der Waals surface area contributed by atoms with E-state index in [4.69, 9.17) is 4.55 Å². The normalized spacial score (nSPS) is 12.5. The molecule has 2 aromatic carbocycles. The van der Waals surface area contributed by atoms with Gasteiger partial charge in [0, 0.05) is 11.8 Å². The highest BCUT2D eigenvalue weighted by molar-refractivity contribution is 7.85. The van der Waals surface area contributed by atoms with Crippen molar-refractivity contribution in [2.75, 3.05) is 5.32 Å². The number of hydrogen-bond donors (Lipinski definition) is 2. The van der Waals surface area contributed by atoms with Crippen LogP contribution in [-0.2, 0) is 19.7 Å². The number of para-hydroxylation sites is 1. The summed E-state index contributed by atoms with van der Waals surface area (Å²) in [7, 11) is -4.66. The molecule has 0 bridgehead atoms. The molecule has 12 heteroatoms. The van der Waals surface area contributed by atoms with Crippen molar-refractivity contribution < 1.29 is 27.5 Å². The number of nitrogens with one attached hydrogen (secondary N) is 1. The van der Waals surface area contributed by atoms with Gasteiger partial charge >= 0.3 is 0 Å². The van der Waals surface area contributed by atoms with Gasteiger partial charge in [0.15, 0.2) is 11.5 Å². The number of nitro benzene ring substituents is 1. The quantitative estimate of drug-likeness (QED) is 0.234. The van der Waals surface area contributed by atoms with Crippen molar-refractivity contribution in [2.24, 2.45) is 10.2 Å². The second-order valence-electron chi connectivity index (χ2n) is 5.47. The molecule has 2 aromatic rings. The topological polar surface area (TPSA) is 168 Å². The summed E-state index contributed by atoms with van der Waals surface area (Å²) in [5, 5.41) is 20.7. The van der Waals surface area contributed by atoms with E-state index in [1.165, 1.54) is 0 Å². The van der Waals surface area contributed by atoms with Crippen LogP contribution in [0.15, 0.2) is 63.7 Å². The molecule has 1 atom stereocenters. The number of hydrogen-bond acceptors (Lipinski definition) is 8. The number of rotatable bonds is 7. The number of carbonyl (C=O) groups is 2. The minimum atomic E-state index is -4.66. The van der Waals surface area contributed by atoms with Crippen molar-refractivity contribution in [3.05, 3.63) is 58.6 Å². The van der Waals surface area contributed by atoms with Crippen molar-refractivity contribution in [2.45, 2.75) is 17.9 Å². The van der Waals surface area contributed by atoms with Crippen LogP contribution in [0.5, 0.6) is 0 Å². The molecule has 1 amide bonds. The summed E-state index contributed by atoms with van der Waals surface area (Å²) in [6.45, 7) is 1.10. The Morgan fingerprint density at radius 1 is 1.18 bits per heavy atom. The minimum Gasteiger partial charge on any atom is -0.324 e. The molecule has 2 rings (SSSR count). The van der Waals surface area contributed by atoms with Crippen molar-refractivity contribution in [3.8, 4) is 0 Å². The molecule has 0 aliphatic heterocycles. The number of ketones is 1. The molecule has 0 aromatic heterocycles. The molecule has 0 spiro atoms. The van der Waals surface area contributed by atoms with E-state index in [0.717, 1.165) is 19.1 Å². The van der Waals surface area contributed by atoms with Crippen molar-refractivity contribution >= 4 is 38.9 Å². The second kappa shape index (κ2) is 8.45. The van der Waals surface area contributed by atoms with E-state index in [9.17, 15) is 28.1 Å². The summed E-state index contributed by atoms with van der Waals surface area (Å²) >= 11 is 0. The fourth-order valence-electron chi connectivity index (χ4n) is 2.06. The number of anilines is 1.